The molecule has 0 radical (unpaired) electrons. The third kappa shape index (κ3) is 2.11. The van der Waals surface area contributed by atoms with Gasteiger partial charge in [-0.2, -0.15) is 4.39 Å². The standard InChI is InChI=1S/C8H7FO2.C2H6/c1-8(9)10-6-4-2-3-5-7(6)11-8;1-2/h2-5H,1H3;1-2H3. The van der Waals surface area contributed by atoms with Gasteiger partial charge in [0.1, 0.15) is 0 Å². The molecule has 2 rings (SSSR count). The fourth-order valence-corrected chi connectivity index (χ4v) is 1.03. The molecule has 0 fully saturated rings. The van der Waals surface area contributed by atoms with Crippen molar-refractivity contribution in [1.82, 2.24) is 0 Å². The summed E-state index contributed by atoms with van der Waals surface area (Å²) in [5, 5.41) is 0. The van der Waals surface area contributed by atoms with Gasteiger partial charge < -0.3 is 9.47 Å². The van der Waals surface area contributed by atoms with Gasteiger partial charge in [0.05, 0.1) is 0 Å². The van der Waals surface area contributed by atoms with E-state index in [0.717, 1.165) is 0 Å². The van der Waals surface area contributed by atoms with Gasteiger partial charge in [-0.05, 0) is 12.1 Å². The number of benzene rings is 1. The second-order valence-electron chi connectivity index (χ2n) is 2.49. The molecule has 72 valence electrons. The number of ether oxygens (including phenoxy) is 2. The van der Waals surface area contributed by atoms with E-state index < -0.39 is 6.04 Å². The zero-order chi connectivity index (χ0) is 9.90. The Morgan fingerprint density at radius 2 is 1.46 bits per heavy atom. The number of halogens is 1. The molecule has 0 bridgehead atoms. The Hall–Kier alpha value is -1.25. The van der Waals surface area contributed by atoms with Gasteiger partial charge >= 0.3 is 6.04 Å². The van der Waals surface area contributed by atoms with Gasteiger partial charge in [-0.25, -0.2) is 0 Å². The molecule has 1 aliphatic rings. The van der Waals surface area contributed by atoms with Crippen molar-refractivity contribution in [3.63, 3.8) is 0 Å². The van der Waals surface area contributed by atoms with Crippen LogP contribution in [0.4, 0.5) is 4.39 Å². The monoisotopic (exact) mass is 184 g/mol. The predicted molar refractivity (Wildman–Crippen MR) is 48.6 cm³/mol. The Kier molecular flexibility index (Phi) is 2.76. The van der Waals surface area contributed by atoms with Gasteiger partial charge in [0.25, 0.3) is 0 Å². The van der Waals surface area contributed by atoms with Crippen LogP contribution in [0.2, 0.25) is 0 Å². The first-order valence-corrected chi connectivity index (χ1v) is 4.33. The van der Waals surface area contributed by atoms with Crippen molar-refractivity contribution in [2.24, 2.45) is 0 Å². The summed E-state index contributed by atoms with van der Waals surface area (Å²) >= 11 is 0. The molecule has 13 heavy (non-hydrogen) atoms. The van der Waals surface area contributed by atoms with Crippen LogP contribution < -0.4 is 9.47 Å². The maximum Gasteiger partial charge on any atom is 0.404 e. The Balaban J connectivity index is 0.000000396. The first-order chi connectivity index (χ1) is 6.17. The van der Waals surface area contributed by atoms with E-state index in [-0.39, 0.29) is 0 Å². The highest BCUT2D eigenvalue weighted by molar-refractivity contribution is 5.42. The topological polar surface area (TPSA) is 18.5 Å². The van der Waals surface area contributed by atoms with E-state index >= 15 is 0 Å². The van der Waals surface area contributed by atoms with Crippen LogP contribution in [0.25, 0.3) is 0 Å². The quantitative estimate of drug-likeness (QED) is 0.616. The molecular formula is C10H13FO2. The van der Waals surface area contributed by atoms with E-state index in [1.54, 1.807) is 24.3 Å². The second kappa shape index (κ2) is 3.64. The van der Waals surface area contributed by atoms with Crippen molar-refractivity contribution in [3.05, 3.63) is 24.3 Å². The van der Waals surface area contributed by atoms with E-state index in [1.807, 2.05) is 13.8 Å². The minimum atomic E-state index is -2.00. The lowest BCUT2D eigenvalue weighted by molar-refractivity contribution is -0.173. The maximum absolute atomic E-state index is 13.0. The van der Waals surface area contributed by atoms with Crippen LogP contribution in [-0.2, 0) is 0 Å². The van der Waals surface area contributed by atoms with Gasteiger partial charge in [-0.15, -0.1) is 0 Å². The zero-order valence-electron chi connectivity index (χ0n) is 8.00. The maximum atomic E-state index is 13.0. The van der Waals surface area contributed by atoms with Crippen LogP contribution in [0.15, 0.2) is 24.3 Å². The van der Waals surface area contributed by atoms with Crippen molar-refractivity contribution in [2.45, 2.75) is 26.8 Å². The van der Waals surface area contributed by atoms with Crippen molar-refractivity contribution < 1.29 is 13.9 Å². The predicted octanol–water partition coefficient (Wildman–Crippen LogP) is 3.13. The van der Waals surface area contributed by atoms with Crippen LogP contribution in [-0.4, -0.2) is 6.04 Å². The average Bonchev–Trinajstić information content (AvgIpc) is 2.41. The summed E-state index contributed by atoms with van der Waals surface area (Å²) in [4.78, 5) is 0. The number of hydrogen-bond donors (Lipinski definition) is 0. The summed E-state index contributed by atoms with van der Waals surface area (Å²) in [7, 11) is 0. The molecule has 0 amide bonds. The molecule has 1 aromatic carbocycles. The number of fused-ring (bicyclic) bond motifs is 1. The zero-order valence-corrected chi connectivity index (χ0v) is 8.00. The molecular weight excluding hydrogens is 171 g/mol. The fourth-order valence-electron chi connectivity index (χ4n) is 1.03. The Labute approximate surface area is 77.3 Å². The average molecular weight is 184 g/mol. The van der Waals surface area contributed by atoms with E-state index in [9.17, 15) is 4.39 Å². The van der Waals surface area contributed by atoms with Crippen molar-refractivity contribution >= 4 is 0 Å². The normalized spacial score (nSPS) is 16.0. The summed E-state index contributed by atoms with van der Waals surface area (Å²) in [6.45, 7) is 5.23. The molecule has 0 aromatic heterocycles. The number of para-hydroxylation sites is 2. The SMILES string of the molecule is CC.CC1(F)Oc2ccccc2O1. The smallest absolute Gasteiger partial charge is 0.404 e. The molecule has 0 saturated carbocycles. The van der Waals surface area contributed by atoms with Gasteiger partial charge in [0.15, 0.2) is 11.5 Å². The van der Waals surface area contributed by atoms with Crippen LogP contribution in [0.3, 0.4) is 0 Å². The van der Waals surface area contributed by atoms with Gasteiger partial charge in [-0.1, -0.05) is 26.0 Å². The molecule has 0 atom stereocenters. The summed E-state index contributed by atoms with van der Waals surface area (Å²) < 4.78 is 22.6. The first-order valence-electron chi connectivity index (χ1n) is 4.33. The molecule has 0 spiro atoms. The summed E-state index contributed by atoms with van der Waals surface area (Å²) in [5.41, 5.74) is 0. The van der Waals surface area contributed by atoms with Crippen LogP contribution in [0.1, 0.15) is 20.8 Å². The minimum absolute atomic E-state index is 0.456. The molecule has 0 N–H and O–H groups in total. The first kappa shape index (κ1) is 9.84. The van der Waals surface area contributed by atoms with Crippen LogP contribution >= 0.6 is 0 Å². The Morgan fingerprint density at radius 3 is 1.85 bits per heavy atom. The summed E-state index contributed by atoms with van der Waals surface area (Å²) in [6.07, 6.45) is 0. The Bertz CT molecular complexity index is 257. The highest BCUT2D eigenvalue weighted by atomic mass is 19.2. The van der Waals surface area contributed by atoms with Crippen molar-refractivity contribution in [2.75, 3.05) is 0 Å². The van der Waals surface area contributed by atoms with E-state index in [4.69, 9.17) is 9.47 Å². The molecule has 0 aliphatic carbocycles. The lowest BCUT2D eigenvalue weighted by Crippen LogP contribution is -2.27. The second-order valence-corrected chi connectivity index (χ2v) is 2.49. The molecule has 1 aromatic rings. The minimum Gasteiger partial charge on any atom is -0.423 e. The third-order valence-corrected chi connectivity index (χ3v) is 1.43. The van der Waals surface area contributed by atoms with E-state index in [1.165, 1.54) is 6.92 Å². The van der Waals surface area contributed by atoms with Gasteiger partial charge in [0.2, 0.25) is 0 Å². The molecule has 3 heteroatoms. The highest BCUT2D eigenvalue weighted by Gasteiger charge is 2.36. The summed E-state index contributed by atoms with van der Waals surface area (Å²) in [5.74, 6) is 0.912. The van der Waals surface area contributed by atoms with Gasteiger partial charge in [0, 0.05) is 6.92 Å². The molecule has 2 nitrogen and oxygen atoms in total. The number of rotatable bonds is 0. The molecule has 0 saturated heterocycles. The van der Waals surface area contributed by atoms with Crippen LogP contribution in [0.5, 0.6) is 11.5 Å². The third-order valence-electron chi connectivity index (χ3n) is 1.43. The molecule has 1 heterocycles. The largest absolute Gasteiger partial charge is 0.423 e. The highest BCUT2D eigenvalue weighted by Crippen LogP contribution is 2.39. The lowest BCUT2D eigenvalue weighted by Gasteiger charge is -2.10. The van der Waals surface area contributed by atoms with Crippen LogP contribution in [0, 0.1) is 0 Å². The number of hydrogen-bond acceptors (Lipinski definition) is 2. The summed E-state index contributed by atoms with van der Waals surface area (Å²) in [6, 6.07) is 4.87. The fraction of sp³-hybridized carbons (Fsp3) is 0.400. The van der Waals surface area contributed by atoms with Crippen molar-refractivity contribution in [3.8, 4) is 11.5 Å². The van der Waals surface area contributed by atoms with Crippen molar-refractivity contribution in [1.29, 1.82) is 0 Å². The molecule has 0 unspecified atom stereocenters. The molecule has 1 aliphatic heterocycles. The number of alkyl halides is 1. The lowest BCUT2D eigenvalue weighted by atomic mass is 10.3. The Morgan fingerprint density at radius 1 is 1.08 bits per heavy atom. The van der Waals surface area contributed by atoms with E-state index in [2.05, 4.69) is 0 Å². The van der Waals surface area contributed by atoms with E-state index in [0.29, 0.717) is 11.5 Å². The van der Waals surface area contributed by atoms with Gasteiger partial charge in [-0.3, -0.25) is 0 Å².